The maximum atomic E-state index is 9.31. The first-order valence-corrected chi connectivity index (χ1v) is 5.92. The predicted molar refractivity (Wildman–Crippen MR) is 61.9 cm³/mol. The zero-order chi connectivity index (χ0) is 11.4. The second-order valence-electron chi connectivity index (χ2n) is 4.45. The number of hydrogen-bond donors (Lipinski definition) is 1. The molecular formula is C12H19N3O. The molecule has 1 N–H and O–H groups in total. The number of likely N-dealkylation sites (tertiary alicyclic amines) is 1. The Morgan fingerprint density at radius 1 is 1.38 bits per heavy atom. The lowest BCUT2D eigenvalue weighted by Crippen LogP contribution is -2.41. The van der Waals surface area contributed by atoms with Gasteiger partial charge in [0.1, 0.15) is 0 Å². The number of aromatic nitrogens is 2. The van der Waals surface area contributed by atoms with Gasteiger partial charge in [0.2, 0.25) is 0 Å². The van der Waals surface area contributed by atoms with E-state index in [-0.39, 0.29) is 6.61 Å². The van der Waals surface area contributed by atoms with Gasteiger partial charge < -0.3 is 5.11 Å². The topological polar surface area (TPSA) is 49.2 Å². The van der Waals surface area contributed by atoms with E-state index in [1.54, 1.807) is 6.20 Å². The maximum Gasteiger partial charge on any atom is 0.0727 e. The van der Waals surface area contributed by atoms with Gasteiger partial charge in [0.25, 0.3) is 0 Å². The van der Waals surface area contributed by atoms with Crippen molar-refractivity contribution in [1.82, 2.24) is 14.9 Å². The number of piperidine rings is 1. The average molecular weight is 221 g/mol. The van der Waals surface area contributed by atoms with E-state index in [4.69, 9.17) is 0 Å². The van der Waals surface area contributed by atoms with Gasteiger partial charge in [0.05, 0.1) is 18.0 Å². The van der Waals surface area contributed by atoms with Crippen LogP contribution in [0, 0.1) is 6.92 Å². The third-order valence-electron chi connectivity index (χ3n) is 3.16. The molecule has 1 saturated heterocycles. The fourth-order valence-electron chi connectivity index (χ4n) is 2.18. The van der Waals surface area contributed by atoms with Gasteiger partial charge in [-0.3, -0.25) is 14.9 Å². The molecule has 0 bridgehead atoms. The molecule has 4 heteroatoms. The van der Waals surface area contributed by atoms with Gasteiger partial charge in [-0.15, -0.1) is 0 Å². The van der Waals surface area contributed by atoms with Crippen molar-refractivity contribution in [2.24, 2.45) is 0 Å². The minimum absolute atomic E-state index is 0.249. The third-order valence-corrected chi connectivity index (χ3v) is 3.16. The Morgan fingerprint density at radius 2 is 2.25 bits per heavy atom. The van der Waals surface area contributed by atoms with Gasteiger partial charge in [-0.2, -0.15) is 0 Å². The summed E-state index contributed by atoms with van der Waals surface area (Å²) in [6, 6.07) is 0.303. The highest BCUT2D eigenvalue weighted by Crippen LogP contribution is 2.18. The lowest BCUT2D eigenvalue weighted by atomic mass is 10.0. The Hall–Kier alpha value is -1.00. The molecule has 0 saturated carbocycles. The van der Waals surface area contributed by atoms with E-state index in [1.165, 1.54) is 12.8 Å². The van der Waals surface area contributed by atoms with Crippen LogP contribution in [0.1, 0.15) is 30.7 Å². The summed E-state index contributed by atoms with van der Waals surface area (Å²) in [5.74, 6) is 0. The van der Waals surface area contributed by atoms with Crippen molar-refractivity contribution in [3.63, 3.8) is 0 Å². The molecule has 1 aliphatic rings. The van der Waals surface area contributed by atoms with Crippen molar-refractivity contribution >= 4 is 0 Å². The van der Waals surface area contributed by atoms with Crippen LogP contribution in [-0.2, 0) is 6.54 Å². The Morgan fingerprint density at radius 3 is 2.94 bits per heavy atom. The van der Waals surface area contributed by atoms with E-state index in [2.05, 4.69) is 14.9 Å². The molecule has 2 heterocycles. The van der Waals surface area contributed by atoms with E-state index in [0.29, 0.717) is 6.04 Å². The van der Waals surface area contributed by atoms with E-state index in [9.17, 15) is 5.11 Å². The smallest absolute Gasteiger partial charge is 0.0727 e. The van der Waals surface area contributed by atoms with Crippen LogP contribution < -0.4 is 0 Å². The molecule has 1 aromatic rings. The summed E-state index contributed by atoms with van der Waals surface area (Å²) in [5.41, 5.74) is 1.94. The lowest BCUT2D eigenvalue weighted by molar-refractivity contribution is 0.0830. The highest BCUT2D eigenvalue weighted by molar-refractivity contribution is 5.01. The van der Waals surface area contributed by atoms with Gasteiger partial charge in [-0.1, -0.05) is 6.42 Å². The van der Waals surface area contributed by atoms with Crippen LogP contribution in [0.5, 0.6) is 0 Å². The molecule has 1 unspecified atom stereocenters. The normalized spacial score (nSPS) is 22.2. The number of aliphatic hydroxyl groups excluding tert-OH is 1. The van der Waals surface area contributed by atoms with Gasteiger partial charge in [-0.05, 0) is 26.3 Å². The molecule has 0 amide bonds. The standard InChI is InChI=1S/C12H19N3O/c1-10-6-14-11(7-13-10)8-15-5-3-2-4-12(15)9-16/h6-7,12,16H,2-5,8-9H2,1H3. The summed E-state index contributed by atoms with van der Waals surface area (Å²) in [7, 11) is 0. The number of aliphatic hydroxyl groups is 1. The predicted octanol–water partition coefficient (Wildman–Crippen LogP) is 1.13. The molecule has 88 valence electrons. The van der Waals surface area contributed by atoms with Crippen LogP contribution in [0.25, 0.3) is 0 Å². The first-order valence-electron chi connectivity index (χ1n) is 5.92. The summed E-state index contributed by atoms with van der Waals surface area (Å²) in [5, 5.41) is 9.31. The molecule has 0 aromatic carbocycles. The van der Waals surface area contributed by atoms with E-state index < -0.39 is 0 Å². The average Bonchev–Trinajstić information content (AvgIpc) is 2.33. The molecule has 0 aliphatic carbocycles. The first kappa shape index (κ1) is 11.5. The summed E-state index contributed by atoms with van der Waals surface area (Å²) >= 11 is 0. The molecule has 1 aromatic heterocycles. The van der Waals surface area contributed by atoms with E-state index in [0.717, 1.165) is 30.9 Å². The number of hydrogen-bond acceptors (Lipinski definition) is 4. The monoisotopic (exact) mass is 221 g/mol. The number of nitrogens with zero attached hydrogens (tertiary/aromatic N) is 3. The number of aryl methyl sites for hydroxylation is 1. The summed E-state index contributed by atoms with van der Waals surface area (Å²) in [4.78, 5) is 10.9. The number of rotatable bonds is 3. The highest BCUT2D eigenvalue weighted by Gasteiger charge is 2.21. The Kier molecular flexibility index (Phi) is 3.85. The third kappa shape index (κ3) is 2.77. The Labute approximate surface area is 96.3 Å². The Balaban J connectivity index is 1.99. The zero-order valence-electron chi connectivity index (χ0n) is 9.76. The van der Waals surface area contributed by atoms with Gasteiger partial charge in [0.15, 0.2) is 0 Å². The van der Waals surface area contributed by atoms with E-state index in [1.807, 2.05) is 13.1 Å². The van der Waals surface area contributed by atoms with Gasteiger partial charge in [-0.25, -0.2) is 0 Å². The zero-order valence-corrected chi connectivity index (χ0v) is 9.76. The summed E-state index contributed by atoms with van der Waals surface area (Å²) in [6.07, 6.45) is 7.17. The van der Waals surface area contributed by atoms with Gasteiger partial charge >= 0.3 is 0 Å². The molecule has 4 nitrogen and oxygen atoms in total. The second kappa shape index (κ2) is 5.37. The van der Waals surface area contributed by atoms with Crippen LogP contribution in [0.3, 0.4) is 0 Å². The molecular weight excluding hydrogens is 202 g/mol. The van der Waals surface area contributed by atoms with Crippen LogP contribution >= 0.6 is 0 Å². The minimum Gasteiger partial charge on any atom is -0.395 e. The quantitative estimate of drug-likeness (QED) is 0.831. The van der Waals surface area contributed by atoms with Crippen molar-refractivity contribution in [2.45, 2.75) is 38.8 Å². The van der Waals surface area contributed by atoms with Crippen LogP contribution in [-0.4, -0.2) is 39.2 Å². The maximum absolute atomic E-state index is 9.31. The molecule has 1 aliphatic heterocycles. The summed E-state index contributed by atoms with van der Waals surface area (Å²) < 4.78 is 0. The van der Waals surface area contributed by atoms with Crippen molar-refractivity contribution < 1.29 is 5.11 Å². The molecule has 0 radical (unpaired) electrons. The Bertz CT molecular complexity index is 326. The minimum atomic E-state index is 0.249. The van der Waals surface area contributed by atoms with E-state index >= 15 is 0 Å². The highest BCUT2D eigenvalue weighted by atomic mass is 16.3. The summed E-state index contributed by atoms with van der Waals surface area (Å²) in [6.45, 7) is 4.05. The van der Waals surface area contributed by atoms with Crippen LogP contribution in [0.2, 0.25) is 0 Å². The molecule has 0 spiro atoms. The van der Waals surface area contributed by atoms with Crippen molar-refractivity contribution in [2.75, 3.05) is 13.2 Å². The fourth-order valence-corrected chi connectivity index (χ4v) is 2.18. The largest absolute Gasteiger partial charge is 0.395 e. The van der Waals surface area contributed by atoms with Crippen molar-refractivity contribution in [1.29, 1.82) is 0 Å². The lowest BCUT2D eigenvalue weighted by Gasteiger charge is -2.34. The van der Waals surface area contributed by atoms with Crippen molar-refractivity contribution in [3.8, 4) is 0 Å². The molecule has 2 rings (SSSR count). The molecule has 16 heavy (non-hydrogen) atoms. The SMILES string of the molecule is Cc1cnc(CN2CCCCC2CO)cn1. The molecule has 1 fully saturated rings. The second-order valence-corrected chi connectivity index (χ2v) is 4.45. The van der Waals surface area contributed by atoms with Crippen LogP contribution in [0.15, 0.2) is 12.4 Å². The fraction of sp³-hybridized carbons (Fsp3) is 0.667. The first-order chi connectivity index (χ1) is 7.79. The van der Waals surface area contributed by atoms with Gasteiger partial charge in [0, 0.05) is 25.0 Å². The molecule has 1 atom stereocenters. The van der Waals surface area contributed by atoms with Crippen LogP contribution in [0.4, 0.5) is 0 Å². The van der Waals surface area contributed by atoms with Crippen molar-refractivity contribution in [3.05, 3.63) is 23.8 Å².